The van der Waals surface area contributed by atoms with Crippen molar-refractivity contribution in [3.8, 4) is 6.07 Å². The third kappa shape index (κ3) is 3.88. The molecule has 1 aliphatic rings. The van der Waals surface area contributed by atoms with Gasteiger partial charge in [-0.25, -0.2) is 4.98 Å². The summed E-state index contributed by atoms with van der Waals surface area (Å²) in [4.78, 5) is 8.99. The van der Waals surface area contributed by atoms with Crippen LogP contribution in [0.4, 0.5) is 5.82 Å². The summed E-state index contributed by atoms with van der Waals surface area (Å²) >= 11 is 0. The highest BCUT2D eigenvalue weighted by molar-refractivity contribution is 5.86. The fourth-order valence-corrected chi connectivity index (χ4v) is 5.15. The average Bonchev–Trinajstić information content (AvgIpc) is 3.20. The lowest BCUT2D eigenvalue weighted by Gasteiger charge is -2.35. The summed E-state index contributed by atoms with van der Waals surface area (Å²) in [5.74, 6) is 1.19. The highest BCUT2D eigenvalue weighted by Crippen LogP contribution is 2.34. The van der Waals surface area contributed by atoms with E-state index in [0.29, 0.717) is 5.56 Å². The second-order valence-electron chi connectivity index (χ2n) is 9.21. The van der Waals surface area contributed by atoms with Gasteiger partial charge in [-0.3, -0.25) is 4.40 Å². The molecule has 33 heavy (non-hydrogen) atoms. The van der Waals surface area contributed by atoms with E-state index in [2.05, 4.69) is 72.2 Å². The molecule has 0 bridgehead atoms. The van der Waals surface area contributed by atoms with Crippen LogP contribution in [0.2, 0.25) is 0 Å². The highest BCUT2D eigenvalue weighted by atomic mass is 15.3. The monoisotopic (exact) mass is 436 g/mol. The van der Waals surface area contributed by atoms with Gasteiger partial charge in [0.25, 0.3) is 0 Å². The minimum absolute atomic E-state index is 0.674. The van der Waals surface area contributed by atoms with Gasteiger partial charge >= 0.3 is 0 Å². The van der Waals surface area contributed by atoms with Crippen molar-refractivity contribution in [3.05, 3.63) is 89.0 Å². The Kier molecular flexibility index (Phi) is 5.62. The van der Waals surface area contributed by atoms with Crippen LogP contribution in [0.5, 0.6) is 0 Å². The van der Waals surface area contributed by atoms with Gasteiger partial charge in [0.1, 0.15) is 11.9 Å². The number of hydrogen-bond acceptors (Lipinski definition) is 3. The summed E-state index contributed by atoms with van der Waals surface area (Å²) in [6.07, 6.45) is 0.790. The van der Waals surface area contributed by atoms with Crippen molar-refractivity contribution < 1.29 is 4.90 Å². The fraction of sp³-hybridized carbons (Fsp3) is 0.286. The number of anilines is 1. The molecular weight excluding hydrogens is 406 g/mol. The maximum absolute atomic E-state index is 10.1. The van der Waals surface area contributed by atoms with Crippen LogP contribution >= 0.6 is 0 Å². The summed E-state index contributed by atoms with van der Waals surface area (Å²) in [5, 5.41) is 10.1. The minimum Gasteiger partial charge on any atom is -0.346 e. The molecule has 0 saturated carbocycles. The third-order valence-corrected chi connectivity index (χ3v) is 6.75. The van der Waals surface area contributed by atoms with Gasteiger partial charge in [0.05, 0.1) is 49.3 Å². The second-order valence-corrected chi connectivity index (χ2v) is 9.21. The number of imidazole rings is 1. The molecule has 166 valence electrons. The van der Waals surface area contributed by atoms with E-state index in [-0.39, 0.29) is 0 Å². The summed E-state index contributed by atoms with van der Waals surface area (Å²) in [7, 11) is 0. The fourth-order valence-electron chi connectivity index (χ4n) is 5.15. The van der Waals surface area contributed by atoms with Crippen LogP contribution in [0.25, 0.3) is 16.7 Å². The maximum atomic E-state index is 10.1. The van der Waals surface area contributed by atoms with Crippen molar-refractivity contribution in [2.45, 2.75) is 20.3 Å². The summed E-state index contributed by atoms with van der Waals surface area (Å²) in [6.45, 7) is 13.4. The molecule has 0 aliphatic carbocycles. The Labute approximate surface area is 195 Å². The Morgan fingerprint density at radius 2 is 1.79 bits per heavy atom. The molecule has 2 aromatic heterocycles. The number of piperazine rings is 1. The van der Waals surface area contributed by atoms with E-state index < -0.39 is 0 Å². The molecule has 1 aliphatic heterocycles. The molecule has 0 radical (unpaired) electrons. The zero-order chi connectivity index (χ0) is 22.9. The number of aromatic nitrogens is 2. The summed E-state index contributed by atoms with van der Waals surface area (Å²) in [6, 6.07) is 21.2. The van der Waals surface area contributed by atoms with Crippen molar-refractivity contribution in [1.29, 1.82) is 5.26 Å². The minimum atomic E-state index is 0.674. The SMILES string of the molecule is C=C(C)C[NH+]1CCN(c2c(Cc3ccccc3)c(C)c(C#N)c3nc4ccccc4n23)CC1. The van der Waals surface area contributed by atoms with Crippen LogP contribution in [0, 0.1) is 18.3 Å². The lowest BCUT2D eigenvalue weighted by Crippen LogP contribution is -3.15. The van der Waals surface area contributed by atoms with Crippen LogP contribution in [0.3, 0.4) is 0 Å². The predicted molar refractivity (Wildman–Crippen MR) is 134 cm³/mol. The lowest BCUT2D eigenvalue weighted by atomic mass is 9.97. The number of para-hydroxylation sites is 2. The number of quaternary nitrogens is 1. The van der Waals surface area contributed by atoms with Crippen LogP contribution in [0.15, 0.2) is 66.7 Å². The zero-order valence-corrected chi connectivity index (χ0v) is 19.4. The molecule has 0 unspecified atom stereocenters. The van der Waals surface area contributed by atoms with E-state index in [1.807, 2.05) is 18.2 Å². The van der Waals surface area contributed by atoms with Crippen LogP contribution in [0.1, 0.15) is 29.2 Å². The smallest absolute Gasteiger partial charge is 0.157 e. The first-order valence-corrected chi connectivity index (χ1v) is 11.7. The van der Waals surface area contributed by atoms with Gasteiger partial charge in [0.2, 0.25) is 0 Å². The highest BCUT2D eigenvalue weighted by Gasteiger charge is 2.28. The van der Waals surface area contributed by atoms with Crippen molar-refractivity contribution in [1.82, 2.24) is 9.38 Å². The molecule has 5 nitrogen and oxygen atoms in total. The normalized spacial score (nSPS) is 14.6. The van der Waals surface area contributed by atoms with Crippen LogP contribution in [-0.2, 0) is 6.42 Å². The number of nitrogens with one attached hydrogen (secondary N) is 1. The lowest BCUT2D eigenvalue weighted by molar-refractivity contribution is -0.895. The Morgan fingerprint density at radius 3 is 2.48 bits per heavy atom. The number of nitrogens with zero attached hydrogens (tertiary/aromatic N) is 4. The Balaban J connectivity index is 1.72. The topological polar surface area (TPSA) is 48.8 Å². The second kappa shape index (κ2) is 8.73. The van der Waals surface area contributed by atoms with E-state index in [4.69, 9.17) is 4.98 Å². The number of rotatable bonds is 5. The van der Waals surface area contributed by atoms with Crippen molar-refractivity contribution in [2.24, 2.45) is 0 Å². The van der Waals surface area contributed by atoms with E-state index in [0.717, 1.165) is 61.4 Å². The van der Waals surface area contributed by atoms with Crippen molar-refractivity contribution in [3.63, 3.8) is 0 Å². The largest absolute Gasteiger partial charge is 0.346 e. The molecule has 0 atom stereocenters. The number of hydrogen-bond donors (Lipinski definition) is 1. The van der Waals surface area contributed by atoms with E-state index in [1.165, 1.54) is 22.5 Å². The molecule has 4 aromatic rings. The summed E-state index contributed by atoms with van der Waals surface area (Å²) < 4.78 is 2.24. The van der Waals surface area contributed by atoms with Crippen LogP contribution < -0.4 is 9.80 Å². The molecule has 1 saturated heterocycles. The molecular formula is C28H30N5+. The van der Waals surface area contributed by atoms with Gasteiger partial charge in [0.15, 0.2) is 5.65 Å². The molecule has 0 spiro atoms. The quantitative estimate of drug-likeness (QED) is 0.487. The molecule has 3 heterocycles. The molecule has 1 N–H and O–H groups in total. The van der Waals surface area contributed by atoms with Gasteiger partial charge < -0.3 is 9.80 Å². The van der Waals surface area contributed by atoms with Gasteiger partial charge in [0, 0.05) is 12.0 Å². The standard InChI is InChI=1S/C28H29N5/c1-20(2)19-31-13-15-32(16-14-31)28-23(17-22-9-5-4-6-10-22)21(3)24(18-29)27-30-25-11-7-8-12-26(25)33(27)28/h4-12H,1,13-17,19H2,2-3H3/p+1. The molecule has 5 rings (SSSR count). The first-order valence-electron chi connectivity index (χ1n) is 11.7. The Bertz CT molecular complexity index is 1370. The van der Waals surface area contributed by atoms with E-state index in [9.17, 15) is 5.26 Å². The number of nitriles is 1. The first-order chi connectivity index (χ1) is 16.1. The Morgan fingerprint density at radius 1 is 1.09 bits per heavy atom. The first kappa shape index (κ1) is 21.2. The molecule has 2 aromatic carbocycles. The zero-order valence-electron chi connectivity index (χ0n) is 19.4. The average molecular weight is 437 g/mol. The molecule has 1 fully saturated rings. The van der Waals surface area contributed by atoms with E-state index >= 15 is 0 Å². The van der Waals surface area contributed by atoms with Gasteiger partial charge in [-0.05, 0) is 42.7 Å². The van der Waals surface area contributed by atoms with Crippen LogP contribution in [-0.4, -0.2) is 42.1 Å². The number of pyridine rings is 1. The summed E-state index contributed by atoms with van der Waals surface area (Å²) in [5.41, 5.74) is 8.17. The van der Waals surface area contributed by atoms with Gasteiger partial charge in [-0.15, -0.1) is 0 Å². The van der Waals surface area contributed by atoms with E-state index in [1.54, 1.807) is 4.90 Å². The van der Waals surface area contributed by atoms with Crippen molar-refractivity contribution in [2.75, 3.05) is 37.6 Å². The Hall–Kier alpha value is -3.62. The third-order valence-electron chi connectivity index (χ3n) is 6.75. The van der Waals surface area contributed by atoms with Gasteiger partial charge in [-0.2, -0.15) is 5.26 Å². The number of fused-ring (bicyclic) bond motifs is 3. The maximum Gasteiger partial charge on any atom is 0.157 e. The molecule has 5 heteroatoms. The van der Waals surface area contributed by atoms with Crippen molar-refractivity contribution >= 4 is 22.5 Å². The predicted octanol–water partition coefficient (Wildman–Crippen LogP) is 3.54. The molecule has 0 amide bonds. The van der Waals surface area contributed by atoms with Gasteiger partial charge in [-0.1, -0.05) is 49.0 Å². The number of benzene rings is 2.